The Balaban J connectivity index is 1.84. The molecule has 94 valence electrons. The first-order valence-electron chi connectivity index (χ1n) is 6.79. The highest BCUT2D eigenvalue weighted by Crippen LogP contribution is 2.32. The molecule has 3 nitrogen and oxygen atoms in total. The SMILES string of the molecule is CC(C)N1CCC(C2CCNC(CO)C2)C1. The normalized spacial score (nSPS) is 37.1. The summed E-state index contributed by atoms with van der Waals surface area (Å²) in [7, 11) is 0. The highest BCUT2D eigenvalue weighted by molar-refractivity contribution is 4.87. The molecule has 3 atom stereocenters. The van der Waals surface area contributed by atoms with Crippen molar-refractivity contribution in [1.82, 2.24) is 10.2 Å². The summed E-state index contributed by atoms with van der Waals surface area (Å²) < 4.78 is 0. The fourth-order valence-electron chi connectivity index (χ4n) is 3.28. The van der Waals surface area contributed by atoms with Crippen LogP contribution in [0.2, 0.25) is 0 Å². The lowest BCUT2D eigenvalue weighted by molar-refractivity contribution is 0.157. The Morgan fingerprint density at radius 3 is 2.75 bits per heavy atom. The summed E-state index contributed by atoms with van der Waals surface area (Å²) in [6, 6.07) is 1.05. The Bertz CT molecular complexity index is 220. The van der Waals surface area contributed by atoms with E-state index in [1.165, 1.54) is 32.4 Å². The maximum Gasteiger partial charge on any atom is 0.0584 e. The third-order valence-corrected chi connectivity index (χ3v) is 4.41. The van der Waals surface area contributed by atoms with Gasteiger partial charge in [0, 0.05) is 18.6 Å². The number of likely N-dealkylation sites (tertiary alicyclic amines) is 1. The van der Waals surface area contributed by atoms with Crippen molar-refractivity contribution in [3.05, 3.63) is 0 Å². The van der Waals surface area contributed by atoms with Gasteiger partial charge in [-0.25, -0.2) is 0 Å². The molecule has 2 rings (SSSR count). The maximum atomic E-state index is 9.22. The highest BCUT2D eigenvalue weighted by atomic mass is 16.3. The molecule has 2 saturated heterocycles. The lowest BCUT2D eigenvalue weighted by atomic mass is 9.81. The van der Waals surface area contributed by atoms with Crippen LogP contribution in [0.25, 0.3) is 0 Å². The van der Waals surface area contributed by atoms with Gasteiger partial charge in [-0.3, -0.25) is 0 Å². The van der Waals surface area contributed by atoms with Gasteiger partial charge in [0.25, 0.3) is 0 Å². The monoisotopic (exact) mass is 226 g/mol. The maximum absolute atomic E-state index is 9.22. The van der Waals surface area contributed by atoms with E-state index >= 15 is 0 Å². The molecule has 0 aliphatic carbocycles. The summed E-state index contributed by atoms with van der Waals surface area (Å²) in [6.07, 6.45) is 3.83. The molecule has 2 aliphatic heterocycles. The van der Waals surface area contributed by atoms with Gasteiger partial charge in [-0.2, -0.15) is 0 Å². The number of piperidine rings is 1. The Labute approximate surface area is 99.2 Å². The van der Waals surface area contributed by atoms with Gasteiger partial charge < -0.3 is 15.3 Å². The van der Waals surface area contributed by atoms with E-state index in [0.717, 1.165) is 18.4 Å². The van der Waals surface area contributed by atoms with Crippen molar-refractivity contribution in [2.75, 3.05) is 26.2 Å². The molecule has 0 saturated carbocycles. The van der Waals surface area contributed by atoms with Crippen LogP contribution in [0.4, 0.5) is 0 Å². The predicted molar refractivity (Wildman–Crippen MR) is 66.4 cm³/mol. The molecule has 2 N–H and O–H groups in total. The summed E-state index contributed by atoms with van der Waals surface area (Å²) in [5.74, 6) is 1.71. The number of nitrogens with zero attached hydrogens (tertiary/aromatic N) is 1. The number of aliphatic hydroxyl groups is 1. The first-order chi connectivity index (χ1) is 7.70. The molecular formula is C13H26N2O. The minimum absolute atomic E-state index is 0.303. The molecule has 16 heavy (non-hydrogen) atoms. The van der Waals surface area contributed by atoms with Gasteiger partial charge in [0.2, 0.25) is 0 Å². The molecule has 0 aromatic rings. The number of nitrogens with one attached hydrogen (secondary N) is 1. The van der Waals surface area contributed by atoms with Crippen LogP contribution in [0, 0.1) is 11.8 Å². The second-order valence-electron chi connectivity index (χ2n) is 5.76. The Hall–Kier alpha value is -0.120. The van der Waals surface area contributed by atoms with Crippen molar-refractivity contribution < 1.29 is 5.11 Å². The van der Waals surface area contributed by atoms with Crippen LogP contribution in [-0.4, -0.2) is 48.3 Å². The Morgan fingerprint density at radius 2 is 2.12 bits per heavy atom. The van der Waals surface area contributed by atoms with Crippen LogP contribution >= 0.6 is 0 Å². The van der Waals surface area contributed by atoms with Crippen LogP contribution < -0.4 is 5.32 Å². The van der Waals surface area contributed by atoms with E-state index in [4.69, 9.17) is 0 Å². The van der Waals surface area contributed by atoms with E-state index in [1.807, 2.05) is 0 Å². The van der Waals surface area contributed by atoms with Gasteiger partial charge in [0.1, 0.15) is 0 Å². The average Bonchev–Trinajstić information content (AvgIpc) is 2.78. The molecule has 0 amide bonds. The highest BCUT2D eigenvalue weighted by Gasteiger charge is 2.33. The molecular weight excluding hydrogens is 200 g/mol. The minimum atomic E-state index is 0.303. The largest absolute Gasteiger partial charge is 0.395 e. The Morgan fingerprint density at radius 1 is 1.31 bits per heavy atom. The van der Waals surface area contributed by atoms with Gasteiger partial charge in [0.05, 0.1) is 6.61 Å². The van der Waals surface area contributed by atoms with Crippen LogP contribution in [0.1, 0.15) is 33.1 Å². The molecule has 0 spiro atoms. The van der Waals surface area contributed by atoms with E-state index in [0.29, 0.717) is 18.7 Å². The molecule has 2 aliphatic rings. The summed E-state index contributed by atoms with van der Waals surface area (Å²) in [5.41, 5.74) is 0. The van der Waals surface area contributed by atoms with E-state index < -0.39 is 0 Å². The molecule has 3 unspecified atom stereocenters. The van der Waals surface area contributed by atoms with Crippen molar-refractivity contribution in [1.29, 1.82) is 0 Å². The lowest BCUT2D eigenvalue weighted by Crippen LogP contribution is -2.42. The summed E-state index contributed by atoms with van der Waals surface area (Å²) in [5, 5.41) is 12.6. The second-order valence-corrected chi connectivity index (χ2v) is 5.76. The van der Waals surface area contributed by atoms with Gasteiger partial charge in [0.15, 0.2) is 0 Å². The zero-order chi connectivity index (χ0) is 11.5. The molecule has 0 aromatic carbocycles. The number of aliphatic hydroxyl groups excluding tert-OH is 1. The lowest BCUT2D eigenvalue weighted by Gasteiger charge is -2.33. The molecule has 0 radical (unpaired) electrons. The minimum Gasteiger partial charge on any atom is -0.395 e. The predicted octanol–water partition coefficient (Wildman–Crippen LogP) is 1.08. The fourth-order valence-corrected chi connectivity index (χ4v) is 3.28. The zero-order valence-electron chi connectivity index (χ0n) is 10.7. The van der Waals surface area contributed by atoms with Crippen molar-refractivity contribution in [2.24, 2.45) is 11.8 Å². The molecule has 3 heteroatoms. The van der Waals surface area contributed by atoms with E-state index in [1.54, 1.807) is 0 Å². The number of hydrogen-bond acceptors (Lipinski definition) is 3. The van der Waals surface area contributed by atoms with Gasteiger partial charge in [-0.15, -0.1) is 0 Å². The number of rotatable bonds is 3. The first kappa shape index (κ1) is 12.3. The second kappa shape index (κ2) is 5.48. The standard InChI is InChI=1S/C13H26N2O/c1-10(2)15-6-4-12(8-15)11-3-5-14-13(7-11)9-16/h10-14,16H,3-9H2,1-2H3. The molecule has 0 aromatic heterocycles. The fraction of sp³-hybridized carbons (Fsp3) is 1.00. The molecule has 0 bridgehead atoms. The summed E-state index contributed by atoms with van der Waals surface area (Å²) in [6.45, 7) is 8.53. The van der Waals surface area contributed by atoms with Crippen molar-refractivity contribution in [2.45, 2.75) is 45.2 Å². The van der Waals surface area contributed by atoms with Gasteiger partial charge in [-0.1, -0.05) is 0 Å². The zero-order valence-corrected chi connectivity index (χ0v) is 10.7. The third kappa shape index (κ3) is 2.76. The van der Waals surface area contributed by atoms with Crippen LogP contribution in [-0.2, 0) is 0 Å². The van der Waals surface area contributed by atoms with Gasteiger partial charge >= 0.3 is 0 Å². The quantitative estimate of drug-likeness (QED) is 0.756. The van der Waals surface area contributed by atoms with Crippen molar-refractivity contribution in [3.8, 4) is 0 Å². The van der Waals surface area contributed by atoms with Crippen LogP contribution in [0.15, 0.2) is 0 Å². The van der Waals surface area contributed by atoms with Crippen molar-refractivity contribution >= 4 is 0 Å². The molecule has 2 heterocycles. The van der Waals surface area contributed by atoms with Crippen LogP contribution in [0.3, 0.4) is 0 Å². The smallest absolute Gasteiger partial charge is 0.0584 e. The van der Waals surface area contributed by atoms with Crippen LogP contribution in [0.5, 0.6) is 0 Å². The Kier molecular flexibility index (Phi) is 4.22. The number of hydrogen-bond donors (Lipinski definition) is 2. The average molecular weight is 226 g/mol. The van der Waals surface area contributed by atoms with Gasteiger partial charge in [-0.05, 0) is 58.0 Å². The summed E-state index contributed by atoms with van der Waals surface area (Å²) >= 11 is 0. The third-order valence-electron chi connectivity index (χ3n) is 4.41. The van der Waals surface area contributed by atoms with E-state index in [-0.39, 0.29) is 0 Å². The topological polar surface area (TPSA) is 35.5 Å². The summed E-state index contributed by atoms with van der Waals surface area (Å²) in [4.78, 5) is 2.60. The van der Waals surface area contributed by atoms with Crippen molar-refractivity contribution in [3.63, 3.8) is 0 Å². The molecule has 2 fully saturated rings. The van der Waals surface area contributed by atoms with E-state index in [9.17, 15) is 5.11 Å². The first-order valence-corrected chi connectivity index (χ1v) is 6.79. The van der Waals surface area contributed by atoms with E-state index in [2.05, 4.69) is 24.1 Å².